The SMILES string of the molecule is CCOC(=O)c1nc(Cl)c2sc(Br)c3c2c1CCCO3. The molecule has 7 heteroatoms. The van der Waals surface area contributed by atoms with Gasteiger partial charge < -0.3 is 9.47 Å². The van der Waals surface area contributed by atoms with E-state index in [1.54, 1.807) is 6.92 Å². The first-order valence-corrected chi connectivity index (χ1v) is 8.22. The van der Waals surface area contributed by atoms with Gasteiger partial charge in [0.05, 0.1) is 17.9 Å². The number of nitrogens with zero attached hydrogens (tertiary/aromatic N) is 1. The Kier molecular flexibility index (Phi) is 3.88. The average molecular weight is 377 g/mol. The lowest BCUT2D eigenvalue weighted by molar-refractivity contribution is 0.0518. The first-order chi connectivity index (χ1) is 9.63. The molecule has 0 atom stereocenters. The average Bonchev–Trinajstić information content (AvgIpc) is 2.61. The molecule has 3 heterocycles. The number of carbonyl (C=O) groups excluding carboxylic acids is 1. The van der Waals surface area contributed by atoms with Gasteiger partial charge in [-0.05, 0) is 41.3 Å². The van der Waals surface area contributed by atoms with Crippen molar-refractivity contribution in [3.63, 3.8) is 0 Å². The second-order valence-electron chi connectivity index (χ2n) is 4.31. The fraction of sp³-hybridized carbons (Fsp3) is 0.385. The second-order valence-corrected chi connectivity index (χ2v) is 7.01. The van der Waals surface area contributed by atoms with Gasteiger partial charge in [0, 0.05) is 5.39 Å². The molecule has 1 aliphatic rings. The fourth-order valence-corrected chi connectivity index (χ4v) is 4.28. The number of carbonyl (C=O) groups is 1. The molecule has 0 aromatic carbocycles. The monoisotopic (exact) mass is 375 g/mol. The first kappa shape index (κ1) is 14.1. The maximum atomic E-state index is 12.1. The summed E-state index contributed by atoms with van der Waals surface area (Å²) in [6.07, 6.45) is 1.56. The molecule has 2 aromatic rings. The minimum absolute atomic E-state index is 0.307. The highest BCUT2D eigenvalue weighted by Gasteiger charge is 2.27. The van der Waals surface area contributed by atoms with E-state index in [0.717, 1.165) is 38.0 Å². The number of pyridine rings is 1. The standard InChI is InChI=1S/C13H11BrClNO3S/c1-2-18-13(17)8-6-4-3-5-19-9-7(6)10(12(15)16-8)20-11(9)14/h2-5H2,1H3. The van der Waals surface area contributed by atoms with E-state index in [1.165, 1.54) is 11.3 Å². The van der Waals surface area contributed by atoms with Crippen LogP contribution in [0.5, 0.6) is 5.75 Å². The summed E-state index contributed by atoms with van der Waals surface area (Å²) >= 11 is 11.2. The summed E-state index contributed by atoms with van der Waals surface area (Å²) in [5.41, 5.74) is 1.18. The number of ether oxygens (including phenoxy) is 2. The van der Waals surface area contributed by atoms with Crippen molar-refractivity contribution in [2.24, 2.45) is 0 Å². The zero-order valence-corrected chi connectivity index (χ0v) is 13.8. The van der Waals surface area contributed by atoms with Crippen molar-refractivity contribution in [1.29, 1.82) is 0 Å². The van der Waals surface area contributed by atoms with Crippen LogP contribution in [-0.2, 0) is 11.2 Å². The number of thiophene rings is 1. The van der Waals surface area contributed by atoms with Crippen LogP contribution in [0, 0.1) is 0 Å². The summed E-state index contributed by atoms with van der Waals surface area (Å²) in [4.78, 5) is 16.3. The topological polar surface area (TPSA) is 48.4 Å². The van der Waals surface area contributed by atoms with E-state index in [-0.39, 0.29) is 0 Å². The highest BCUT2D eigenvalue weighted by atomic mass is 79.9. The van der Waals surface area contributed by atoms with Gasteiger partial charge in [0.1, 0.15) is 8.94 Å². The van der Waals surface area contributed by atoms with Crippen LogP contribution in [0.15, 0.2) is 3.79 Å². The summed E-state index contributed by atoms with van der Waals surface area (Å²) < 4.78 is 12.6. The Hall–Kier alpha value is -0.850. The van der Waals surface area contributed by atoms with E-state index >= 15 is 0 Å². The van der Waals surface area contributed by atoms with E-state index in [4.69, 9.17) is 21.1 Å². The van der Waals surface area contributed by atoms with E-state index in [1.807, 2.05) is 0 Å². The third-order valence-corrected chi connectivity index (χ3v) is 5.29. The Bertz CT molecular complexity index is 701. The Morgan fingerprint density at radius 3 is 3.15 bits per heavy atom. The van der Waals surface area contributed by atoms with Crippen molar-refractivity contribution in [1.82, 2.24) is 4.98 Å². The maximum absolute atomic E-state index is 12.1. The van der Waals surface area contributed by atoms with Crippen LogP contribution in [0.4, 0.5) is 0 Å². The molecule has 3 rings (SSSR count). The van der Waals surface area contributed by atoms with Gasteiger partial charge in [-0.25, -0.2) is 9.78 Å². The molecule has 0 N–H and O–H groups in total. The maximum Gasteiger partial charge on any atom is 0.357 e. The molecule has 20 heavy (non-hydrogen) atoms. The van der Waals surface area contributed by atoms with E-state index < -0.39 is 5.97 Å². The molecular formula is C13H11BrClNO3S. The zero-order valence-electron chi connectivity index (χ0n) is 10.7. The van der Waals surface area contributed by atoms with Crippen LogP contribution >= 0.6 is 38.9 Å². The Morgan fingerprint density at radius 1 is 1.60 bits per heavy atom. The predicted molar refractivity (Wildman–Crippen MR) is 82.1 cm³/mol. The number of hydrogen-bond acceptors (Lipinski definition) is 5. The fourth-order valence-electron chi connectivity index (χ4n) is 2.31. The molecule has 0 fully saturated rings. The molecule has 1 aliphatic heterocycles. The lowest BCUT2D eigenvalue weighted by atomic mass is 10.0. The van der Waals surface area contributed by atoms with E-state index in [2.05, 4.69) is 20.9 Å². The molecule has 2 aromatic heterocycles. The summed E-state index contributed by atoms with van der Waals surface area (Å²) in [6.45, 7) is 2.69. The molecule has 0 unspecified atom stereocenters. The molecule has 0 saturated carbocycles. The predicted octanol–water partition coefficient (Wildman–Crippen LogP) is 4.21. The summed E-state index contributed by atoms with van der Waals surface area (Å²) in [6, 6.07) is 0. The Balaban J connectivity index is 2.31. The van der Waals surface area contributed by atoms with Gasteiger partial charge in [-0.2, -0.15) is 0 Å². The van der Waals surface area contributed by atoms with Crippen LogP contribution < -0.4 is 4.74 Å². The molecule has 0 spiro atoms. The minimum atomic E-state index is -0.429. The molecule has 0 bridgehead atoms. The number of hydrogen-bond donors (Lipinski definition) is 0. The number of esters is 1. The Morgan fingerprint density at radius 2 is 2.40 bits per heavy atom. The van der Waals surface area contributed by atoms with Gasteiger partial charge in [0.2, 0.25) is 0 Å². The van der Waals surface area contributed by atoms with Crippen LogP contribution in [0.1, 0.15) is 29.4 Å². The lowest BCUT2D eigenvalue weighted by Gasteiger charge is -2.09. The van der Waals surface area contributed by atoms with Crippen LogP contribution in [0.25, 0.3) is 10.1 Å². The van der Waals surface area contributed by atoms with Crippen molar-refractivity contribution >= 4 is 54.9 Å². The minimum Gasteiger partial charge on any atom is -0.491 e. The molecule has 4 nitrogen and oxygen atoms in total. The van der Waals surface area contributed by atoms with Crippen molar-refractivity contribution in [3.8, 4) is 5.75 Å². The van der Waals surface area contributed by atoms with Crippen molar-refractivity contribution in [2.45, 2.75) is 19.8 Å². The quantitative estimate of drug-likeness (QED) is 0.582. The molecule has 0 radical (unpaired) electrons. The number of rotatable bonds is 2. The van der Waals surface area contributed by atoms with Gasteiger partial charge in [-0.1, -0.05) is 11.6 Å². The zero-order chi connectivity index (χ0) is 14.3. The number of aromatic nitrogens is 1. The molecule has 0 amide bonds. The highest BCUT2D eigenvalue weighted by molar-refractivity contribution is 9.11. The molecule has 0 saturated heterocycles. The van der Waals surface area contributed by atoms with Gasteiger partial charge in [0.25, 0.3) is 0 Å². The largest absolute Gasteiger partial charge is 0.491 e. The van der Waals surface area contributed by atoms with Gasteiger partial charge in [-0.3, -0.25) is 0 Å². The molecule has 0 aliphatic carbocycles. The van der Waals surface area contributed by atoms with E-state index in [0.29, 0.717) is 24.1 Å². The second kappa shape index (κ2) is 5.50. The van der Waals surface area contributed by atoms with Crippen molar-refractivity contribution in [2.75, 3.05) is 13.2 Å². The number of aryl methyl sites for hydroxylation is 1. The molecule has 106 valence electrons. The van der Waals surface area contributed by atoms with Gasteiger partial charge in [0.15, 0.2) is 11.4 Å². The van der Waals surface area contributed by atoms with E-state index in [9.17, 15) is 4.79 Å². The highest BCUT2D eigenvalue weighted by Crippen LogP contribution is 2.47. The first-order valence-electron chi connectivity index (χ1n) is 6.23. The normalized spacial score (nSPS) is 13.9. The number of halogens is 2. The Labute approximate surface area is 133 Å². The lowest BCUT2D eigenvalue weighted by Crippen LogP contribution is -2.11. The third-order valence-electron chi connectivity index (χ3n) is 3.10. The third kappa shape index (κ3) is 2.19. The molecular weight excluding hydrogens is 366 g/mol. The van der Waals surface area contributed by atoms with Crippen LogP contribution in [0.2, 0.25) is 5.15 Å². The van der Waals surface area contributed by atoms with Gasteiger partial charge in [-0.15, -0.1) is 11.3 Å². The summed E-state index contributed by atoms with van der Waals surface area (Å²) in [5.74, 6) is 0.328. The van der Waals surface area contributed by atoms with Crippen molar-refractivity contribution < 1.29 is 14.3 Å². The van der Waals surface area contributed by atoms with Crippen LogP contribution in [-0.4, -0.2) is 24.2 Å². The summed E-state index contributed by atoms with van der Waals surface area (Å²) in [7, 11) is 0. The summed E-state index contributed by atoms with van der Waals surface area (Å²) in [5, 5.41) is 1.21. The van der Waals surface area contributed by atoms with Crippen LogP contribution in [0.3, 0.4) is 0 Å². The van der Waals surface area contributed by atoms with Gasteiger partial charge >= 0.3 is 5.97 Å². The smallest absolute Gasteiger partial charge is 0.357 e. The van der Waals surface area contributed by atoms with Crippen molar-refractivity contribution in [3.05, 3.63) is 20.2 Å².